The Morgan fingerprint density at radius 1 is 1.23 bits per heavy atom. The normalized spacial score (nSPS) is 18.9. The first-order valence-electron chi connectivity index (χ1n) is 12.3. The Kier molecular flexibility index (Phi) is 8.19. The van der Waals surface area contributed by atoms with E-state index >= 15 is 0 Å². The molecule has 1 aliphatic rings. The molecule has 2 atom stereocenters. The SMILES string of the molecule is C=C/C(F)=c1/c(C(=O)C(=O)N2[C@H](C)CN(c3nnnn3-c3ccccc3)C[C@@H]2C)c[nH]/c1=C(/N)N(N)/C=C\N=C. The number of piperazine rings is 1. The van der Waals surface area contributed by atoms with Gasteiger partial charge in [-0.25, -0.2) is 10.2 Å². The number of nitrogens with one attached hydrogen (secondary N) is 1. The van der Waals surface area contributed by atoms with E-state index < -0.39 is 29.6 Å². The van der Waals surface area contributed by atoms with Crippen molar-refractivity contribution in [2.24, 2.45) is 16.6 Å². The van der Waals surface area contributed by atoms with Crippen LogP contribution in [0.1, 0.15) is 24.2 Å². The van der Waals surface area contributed by atoms with Gasteiger partial charge < -0.3 is 20.5 Å². The molecule has 3 aromatic rings. The second-order valence-electron chi connectivity index (χ2n) is 9.15. The minimum Gasteiger partial charge on any atom is -0.382 e. The highest BCUT2D eigenvalue weighted by Crippen LogP contribution is 2.23. The average Bonchev–Trinajstić information content (AvgIpc) is 3.63. The molecule has 1 fully saturated rings. The topological polar surface area (TPSA) is 168 Å². The Bertz CT molecular complexity index is 1560. The summed E-state index contributed by atoms with van der Waals surface area (Å²) in [6, 6.07) is 8.63. The van der Waals surface area contributed by atoms with Crippen molar-refractivity contribution in [3.8, 4) is 5.69 Å². The molecule has 2 aromatic heterocycles. The number of nitrogens with two attached hydrogens (primary N) is 2. The van der Waals surface area contributed by atoms with Crippen molar-refractivity contribution >= 4 is 36.0 Å². The highest BCUT2D eigenvalue weighted by atomic mass is 19.1. The second-order valence-corrected chi connectivity index (χ2v) is 9.15. The van der Waals surface area contributed by atoms with Gasteiger partial charge in [0.05, 0.1) is 21.8 Å². The van der Waals surface area contributed by atoms with E-state index in [0.29, 0.717) is 19.0 Å². The third-order valence-corrected chi connectivity index (χ3v) is 6.49. The fraction of sp³-hybridized carbons (Fsp3) is 0.231. The lowest BCUT2D eigenvalue weighted by atomic mass is 10.0. The lowest BCUT2D eigenvalue weighted by molar-refractivity contribution is -0.131. The Morgan fingerprint density at radius 2 is 1.90 bits per heavy atom. The highest BCUT2D eigenvalue weighted by molar-refractivity contribution is 6.43. The van der Waals surface area contributed by atoms with Crippen LogP contribution in [0.3, 0.4) is 0 Å². The molecule has 1 aromatic carbocycles. The van der Waals surface area contributed by atoms with Crippen LogP contribution in [0.5, 0.6) is 0 Å². The van der Waals surface area contributed by atoms with Crippen molar-refractivity contribution in [3.63, 3.8) is 0 Å². The Hall–Kier alpha value is -5.11. The minimum absolute atomic E-state index is 0.00317. The number of Topliss-reactive ketones (excluding diaryl/α,β-unsaturated/α-hetero) is 1. The molecule has 13 nitrogen and oxygen atoms in total. The average molecular weight is 548 g/mol. The van der Waals surface area contributed by atoms with Crippen LogP contribution in [-0.4, -0.2) is 78.7 Å². The Labute approximate surface area is 229 Å². The number of amides is 1. The molecule has 0 saturated carbocycles. The number of tetrazole rings is 1. The summed E-state index contributed by atoms with van der Waals surface area (Å²) in [5.74, 6) is 3.73. The summed E-state index contributed by atoms with van der Waals surface area (Å²) in [6.45, 7) is 11.1. The van der Waals surface area contributed by atoms with E-state index in [9.17, 15) is 14.0 Å². The van der Waals surface area contributed by atoms with Gasteiger partial charge in [0.15, 0.2) is 0 Å². The van der Waals surface area contributed by atoms with Gasteiger partial charge in [0.25, 0.3) is 17.6 Å². The number of ketones is 1. The molecule has 5 N–H and O–H groups in total. The zero-order chi connectivity index (χ0) is 29.0. The molecule has 0 aliphatic carbocycles. The molecule has 0 unspecified atom stereocenters. The Balaban J connectivity index is 1.64. The molecule has 1 aliphatic heterocycles. The number of hydrogen-bond donors (Lipinski definition) is 3. The molecule has 0 spiro atoms. The number of carbonyl (C=O) groups excluding carboxylic acids is 2. The third-order valence-electron chi connectivity index (χ3n) is 6.49. The summed E-state index contributed by atoms with van der Waals surface area (Å²) in [5, 5.41) is 12.9. The minimum atomic E-state index is -0.907. The van der Waals surface area contributed by atoms with Crippen molar-refractivity contribution < 1.29 is 14.0 Å². The van der Waals surface area contributed by atoms with Crippen LogP contribution < -0.4 is 27.0 Å². The monoisotopic (exact) mass is 547 g/mol. The largest absolute Gasteiger partial charge is 0.382 e. The molecular weight excluding hydrogens is 517 g/mol. The first kappa shape index (κ1) is 27.9. The summed E-state index contributed by atoms with van der Waals surface area (Å²) in [5.41, 5.74) is 6.68. The van der Waals surface area contributed by atoms with Gasteiger partial charge in [0.1, 0.15) is 11.6 Å². The molecule has 40 heavy (non-hydrogen) atoms. The summed E-state index contributed by atoms with van der Waals surface area (Å²) in [6.07, 6.45) is 4.72. The number of anilines is 1. The lowest BCUT2D eigenvalue weighted by Gasteiger charge is -2.44. The van der Waals surface area contributed by atoms with E-state index in [-0.39, 0.29) is 22.0 Å². The van der Waals surface area contributed by atoms with E-state index in [1.807, 2.05) is 49.1 Å². The number of aromatic nitrogens is 5. The summed E-state index contributed by atoms with van der Waals surface area (Å²) in [4.78, 5) is 36.8. The maximum Gasteiger partial charge on any atom is 0.295 e. The van der Waals surface area contributed by atoms with E-state index in [1.54, 1.807) is 4.68 Å². The van der Waals surface area contributed by atoms with Crippen molar-refractivity contribution in [1.82, 2.24) is 35.1 Å². The summed E-state index contributed by atoms with van der Waals surface area (Å²) in [7, 11) is 0. The van der Waals surface area contributed by atoms with Gasteiger partial charge in [0, 0.05) is 43.8 Å². The van der Waals surface area contributed by atoms with E-state index in [1.165, 1.54) is 23.5 Å². The number of halogens is 1. The van der Waals surface area contributed by atoms with E-state index in [2.05, 4.69) is 38.8 Å². The van der Waals surface area contributed by atoms with Crippen LogP contribution in [-0.2, 0) is 4.79 Å². The molecule has 208 valence electrons. The van der Waals surface area contributed by atoms with Gasteiger partial charge in [-0.05, 0) is 49.2 Å². The fourth-order valence-electron chi connectivity index (χ4n) is 4.72. The number of carbonyl (C=O) groups is 2. The predicted molar refractivity (Wildman–Crippen MR) is 149 cm³/mol. The first-order valence-corrected chi connectivity index (χ1v) is 12.3. The third kappa shape index (κ3) is 5.24. The van der Waals surface area contributed by atoms with Crippen LogP contribution in [0.15, 0.2) is 66.6 Å². The fourth-order valence-corrected chi connectivity index (χ4v) is 4.72. The standard InChI is InChI=1S/C26H30FN11O2/c1-5-20(27)21-19(13-31-22(21)24(28)36(29)12-11-30-4)23(39)25(40)37-16(2)14-35(15-17(37)3)26-32-33-34-38(26)18-9-7-6-8-10-18/h5-13,16-17,31H,1,4,14-15,28-29H2,2-3H3/b12-11-,21-20+,24-22-/t16-,17+. The van der Waals surface area contributed by atoms with Crippen molar-refractivity contribution in [2.75, 3.05) is 18.0 Å². The molecule has 14 heteroatoms. The van der Waals surface area contributed by atoms with Gasteiger partial charge in [-0.1, -0.05) is 29.9 Å². The molecule has 4 rings (SSSR count). The van der Waals surface area contributed by atoms with E-state index in [0.717, 1.165) is 16.8 Å². The van der Waals surface area contributed by atoms with Crippen LogP contribution >= 0.6 is 0 Å². The van der Waals surface area contributed by atoms with E-state index in [4.69, 9.17) is 11.6 Å². The number of rotatable bonds is 8. The number of hydrogen-bond acceptors (Lipinski definition) is 10. The number of H-pyrrole nitrogens is 1. The summed E-state index contributed by atoms with van der Waals surface area (Å²) < 4.78 is 16.6. The van der Waals surface area contributed by atoms with Crippen molar-refractivity contribution in [1.29, 1.82) is 0 Å². The molecule has 3 heterocycles. The lowest BCUT2D eigenvalue weighted by Crippen LogP contribution is -2.60. The number of benzene rings is 1. The number of aromatic amines is 1. The molecule has 0 bridgehead atoms. The Morgan fingerprint density at radius 3 is 2.52 bits per heavy atom. The van der Waals surface area contributed by atoms with Crippen molar-refractivity contribution in [2.45, 2.75) is 25.9 Å². The maximum absolute atomic E-state index is 15.0. The number of allylic oxidation sites excluding steroid dienone is 1. The van der Waals surface area contributed by atoms with Crippen molar-refractivity contribution in [3.05, 3.63) is 77.7 Å². The van der Waals surface area contributed by atoms with Crippen LogP contribution in [0.25, 0.3) is 17.3 Å². The summed E-state index contributed by atoms with van der Waals surface area (Å²) >= 11 is 0. The number of nitrogens with zero attached hydrogens (tertiary/aromatic N) is 8. The van der Waals surface area contributed by atoms with Crippen LogP contribution in [0.2, 0.25) is 0 Å². The molecule has 0 radical (unpaired) electrons. The smallest absolute Gasteiger partial charge is 0.295 e. The van der Waals surface area contributed by atoms with Crippen LogP contribution in [0, 0.1) is 0 Å². The molecular formula is C26H30FN11O2. The zero-order valence-electron chi connectivity index (χ0n) is 22.1. The number of aliphatic imine (C=N–C) groups is 1. The number of para-hydroxylation sites is 1. The van der Waals surface area contributed by atoms with Gasteiger partial charge >= 0.3 is 0 Å². The van der Waals surface area contributed by atoms with Gasteiger partial charge in [0.2, 0.25) is 0 Å². The molecule has 1 saturated heterocycles. The maximum atomic E-state index is 15.0. The van der Waals surface area contributed by atoms with Gasteiger partial charge in [-0.3, -0.25) is 19.6 Å². The number of hydrazine groups is 1. The van der Waals surface area contributed by atoms with Gasteiger partial charge in [-0.15, -0.1) is 0 Å². The van der Waals surface area contributed by atoms with Gasteiger partial charge in [-0.2, -0.15) is 4.68 Å². The van der Waals surface area contributed by atoms with Crippen LogP contribution in [0.4, 0.5) is 10.3 Å². The predicted octanol–water partition coefficient (Wildman–Crippen LogP) is -0.0655. The zero-order valence-corrected chi connectivity index (χ0v) is 22.1. The second kappa shape index (κ2) is 11.7. The first-order chi connectivity index (χ1) is 19.2. The molecule has 1 amide bonds. The quantitative estimate of drug-likeness (QED) is 0.115. The highest BCUT2D eigenvalue weighted by Gasteiger charge is 2.38.